The van der Waals surface area contributed by atoms with E-state index in [-0.39, 0.29) is 10.8 Å². The molecule has 0 spiro atoms. The third-order valence-electron chi connectivity index (χ3n) is 14.0. The second-order valence-corrected chi connectivity index (χ2v) is 17.8. The Morgan fingerprint density at radius 3 is 1.35 bits per heavy atom. The van der Waals surface area contributed by atoms with Gasteiger partial charge in [0.25, 0.3) is 0 Å². The molecule has 0 aromatic heterocycles. The molecule has 4 fully saturated rings. The lowest BCUT2D eigenvalue weighted by molar-refractivity contribution is -0.00522. The average Bonchev–Trinajstić information content (AvgIpc) is 3.45. The molecule has 5 aromatic carbocycles. The summed E-state index contributed by atoms with van der Waals surface area (Å²) in [5, 5.41) is 0. The van der Waals surface area contributed by atoms with Crippen molar-refractivity contribution in [1.82, 2.24) is 0 Å². The van der Waals surface area contributed by atoms with Crippen molar-refractivity contribution < 1.29 is 0 Å². The number of hydrogen-bond acceptors (Lipinski definition) is 1. The smallest absolute Gasteiger partial charge is 0.0520 e. The number of anilines is 3. The number of nitrogens with zero attached hydrogens (tertiary/aromatic N) is 1. The molecular formula is C48H49N. The van der Waals surface area contributed by atoms with Crippen molar-refractivity contribution in [1.29, 1.82) is 0 Å². The van der Waals surface area contributed by atoms with Crippen LogP contribution < -0.4 is 4.90 Å². The first-order valence-electron chi connectivity index (χ1n) is 18.9. The number of hydrogen-bond donors (Lipinski definition) is 0. The largest absolute Gasteiger partial charge is 0.310 e. The summed E-state index contributed by atoms with van der Waals surface area (Å²) < 4.78 is 0. The van der Waals surface area contributed by atoms with E-state index < -0.39 is 0 Å². The second kappa shape index (κ2) is 10.00. The Hall–Kier alpha value is -4.10. The number of fused-ring (bicyclic) bond motifs is 6. The van der Waals surface area contributed by atoms with Crippen molar-refractivity contribution in [3.05, 3.63) is 136 Å². The fourth-order valence-electron chi connectivity index (χ4n) is 12.1. The molecule has 6 aliphatic rings. The van der Waals surface area contributed by atoms with Gasteiger partial charge in [0.2, 0.25) is 0 Å². The molecule has 0 N–H and O–H groups in total. The summed E-state index contributed by atoms with van der Waals surface area (Å²) in [6.45, 7) is 14.4. The Labute approximate surface area is 293 Å². The summed E-state index contributed by atoms with van der Waals surface area (Å²) >= 11 is 0. The van der Waals surface area contributed by atoms with Crippen molar-refractivity contribution in [2.24, 2.45) is 17.8 Å². The number of benzene rings is 5. The van der Waals surface area contributed by atoms with E-state index in [1.54, 1.807) is 5.56 Å². The van der Waals surface area contributed by atoms with Gasteiger partial charge in [-0.25, -0.2) is 0 Å². The molecule has 0 unspecified atom stereocenters. The minimum atomic E-state index is -0.0539. The van der Waals surface area contributed by atoms with Crippen molar-refractivity contribution in [2.45, 2.75) is 96.3 Å². The van der Waals surface area contributed by atoms with Crippen LogP contribution in [0.5, 0.6) is 0 Å². The lowest BCUT2D eigenvalue weighted by Gasteiger charge is -2.57. The maximum absolute atomic E-state index is 2.61. The van der Waals surface area contributed by atoms with Crippen LogP contribution in [-0.4, -0.2) is 0 Å². The molecule has 1 heteroatoms. The Morgan fingerprint density at radius 2 is 0.898 bits per heavy atom. The molecule has 0 saturated heterocycles. The summed E-state index contributed by atoms with van der Waals surface area (Å²) in [5.74, 6) is 2.84. The Kier molecular flexibility index (Phi) is 6.08. The van der Waals surface area contributed by atoms with Crippen LogP contribution in [0.3, 0.4) is 0 Å². The van der Waals surface area contributed by atoms with E-state index in [0.717, 1.165) is 17.8 Å². The van der Waals surface area contributed by atoms with Gasteiger partial charge in [0.15, 0.2) is 0 Å². The molecule has 11 rings (SSSR count). The van der Waals surface area contributed by atoms with Crippen molar-refractivity contribution >= 4 is 17.1 Å². The van der Waals surface area contributed by atoms with Crippen LogP contribution in [-0.2, 0) is 16.2 Å². The van der Waals surface area contributed by atoms with Gasteiger partial charge in [0.05, 0.1) is 5.69 Å². The van der Waals surface area contributed by atoms with E-state index in [4.69, 9.17) is 0 Å². The lowest BCUT2D eigenvalue weighted by Crippen LogP contribution is -2.48. The first-order valence-corrected chi connectivity index (χ1v) is 18.9. The Bertz CT molecular complexity index is 2030. The molecule has 1 nitrogen and oxygen atoms in total. The van der Waals surface area contributed by atoms with E-state index >= 15 is 0 Å². The number of rotatable bonds is 4. The predicted molar refractivity (Wildman–Crippen MR) is 206 cm³/mol. The highest BCUT2D eigenvalue weighted by atomic mass is 15.1. The molecule has 4 bridgehead atoms. The van der Waals surface area contributed by atoms with Crippen LogP contribution in [0.15, 0.2) is 97.1 Å². The van der Waals surface area contributed by atoms with Crippen LogP contribution in [0, 0.1) is 31.6 Å². The minimum Gasteiger partial charge on any atom is -0.310 e. The van der Waals surface area contributed by atoms with Gasteiger partial charge in [-0.3, -0.25) is 0 Å². The zero-order chi connectivity index (χ0) is 33.4. The lowest BCUT2D eigenvalue weighted by atomic mass is 9.48. The highest BCUT2D eigenvalue weighted by Crippen LogP contribution is 2.61. The summed E-state index contributed by atoms with van der Waals surface area (Å²) in [7, 11) is 0. The van der Waals surface area contributed by atoms with Crippen molar-refractivity contribution in [3.63, 3.8) is 0 Å². The van der Waals surface area contributed by atoms with Gasteiger partial charge in [-0.1, -0.05) is 100 Å². The van der Waals surface area contributed by atoms with E-state index in [2.05, 4.69) is 144 Å². The van der Waals surface area contributed by atoms with Crippen molar-refractivity contribution in [2.75, 3.05) is 4.90 Å². The monoisotopic (exact) mass is 639 g/mol. The first kappa shape index (κ1) is 29.8. The Morgan fingerprint density at radius 1 is 0.490 bits per heavy atom. The normalized spacial score (nSPS) is 25.9. The molecule has 246 valence electrons. The molecule has 0 atom stereocenters. The van der Waals surface area contributed by atoms with Gasteiger partial charge in [0.1, 0.15) is 0 Å². The third-order valence-corrected chi connectivity index (χ3v) is 14.0. The third kappa shape index (κ3) is 4.11. The number of aryl methyl sites for hydroxylation is 2. The van der Waals surface area contributed by atoms with Crippen LogP contribution in [0.25, 0.3) is 22.3 Å². The van der Waals surface area contributed by atoms with Crippen LogP contribution in [0.4, 0.5) is 17.1 Å². The summed E-state index contributed by atoms with van der Waals surface area (Å²) in [5.41, 5.74) is 19.8. The predicted octanol–water partition coefficient (Wildman–Crippen LogP) is 12.9. The molecule has 0 aliphatic heterocycles. The molecule has 49 heavy (non-hydrogen) atoms. The standard InChI is InChI=1S/C48H49N/c1-29-19-34(48-26-31-21-32(27-48)23-33(22-31)28-48)20-30(2)45(29)49(35-15-17-39-37-11-7-9-13-41(37)46(3,4)43(39)24-35)36-16-18-40-38-12-8-10-14-42(38)47(5,6)44(40)25-36/h7-20,24-25,31-33H,21-23,26-28H2,1-6H3. The zero-order valence-electron chi connectivity index (χ0n) is 30.2. The highest BCUT2D eigenvalue weighted by molar-refractivity contribution is 5.89. The topological polar surface area (TPSA) is 3.24 Å². The maximum atomic E-state index is 2.61. The molecule has 0 amide bonds. The van der Waals surface area contributed by atoms with Gasteiger partial charge >= 0.3 is 0 Å². The highest BCUT2D eigenvalue weighted by Gasteiger charge is 2.52. The van der Waals surface area contributed by atoms with E-state index in [9.17, 15) is 0 Å². The molecule has 6 aliphatic carbocycles. The van der Waals surface area contributed by atoms with Crippen molar-refractivity contribution in [3.8, 4) is 22.3 Å². The fourth-order valence-corrected chi connectivity index (χ4v) is 12.1. The second-order valence-electron chi connectivity index (χ2n) is 17.8. The van der Waals surface area contributed by atoms with E-state index in [0.29, 0.717) is 5.41 Å². The molecule has 4 saturated carbocycles. The quantitative estimate of drug-likeness (QED) is 0.189. The minimum absolute atomic E-state index is 0.0539. The summed E-state index contributed by atoms with van der Waals surface area (Å²) in [6.07, 6.45) is 8.67. The van der Waals surface area contributed by atoms with Crippen LogP contribution in [0.1, 0.15) is 105 Å². The van der Waals surface area contributed by atoms with Gasteiger partial charge in [0, 0.05) is 22.2 Å². The van der Waals surface area contributed by atoms with Gasteiger partial charge < -0.3 is 4.90 Å². The first-order chi connectivity index (χ1) is 23.5. The SMILES string of the molecule is Cc1cc(C23CC4CC(CC(C4)C2)C3)cc(C)c1N(c1ccc2c(c1)C(C)(C)c1ccccc1-2)c1ccc2c(c1)C(C)(C)c1ccccc1-2. The average molecular weight is 640 g/mol. The fraction of sp³-hybridized carbons (Fsp3) is 0.375. The zero-order valence-corrected chi connectivity index (χ0v) is 30.2. The van der Waals surface area contributed by atoms with Gasteiger partial charge in [-0.15, -0.1) is 0 Å². The summed E-state index contributed by atoms with van der Waals surface area (Å²) in [6, 6.07) is 37.8. The molecular weight excluding hydrogens is 591 g/mol. The van der Waals surface area contributed by atoms with E-state index in [1.165, 1.54) is 111 Å². The Balaban J connectivity index is 1.15. The molecule has 5 aromatic rings. The van der Waals surface area contributed by atoms with Gasteiger partial charge in [-0.05, 0) is 161 Å². The van der Waals surface area contributed by atoms with E-state index in [1.807, 2.05) is 0 Å². The molecule has 0 heterocycles. The van der Waals surface area contributed by atoms with Crippen LogP contribution >= 0.6 is 0 Å². The van der Waals surface area contributed by atoms with Gasteiger partial charge in [-0.2, -0.15) is 0 Å². The summed E-state index contributed by atoms with van der Waals surface area (Å²) in [4.78, 5) is 2.60. The maximum Gasteiger partial charge on any atom is 0.0520 e. The molecule has 0 radical (unpaired) electrons. The van der Waals surface area contributed by atoms with Crippen LogP contribution in [0.2, 0.25) is 0 Å².